The molecule has 4 rings (SSSR count). The van der Waals surface area contributed by atoms with E-state index in [1.54, 1.807) is 45.2 Å². The van der Waals surface area contributed by atoms with Crippen molar-refractivity contribution in [3.05, 3.63) is 90.1 Å². The number of fused-ring (bicyclic) bond motifs is 1. The molecular formula is C36H42N4O6. The minimum Gasteiger partial charge on any atom is -0.507 e. The molecule has 0 saturated carbocycles. The van der Waals surface area contributed by atoms with Crippen LogP contribution in [0.25, 0.3) is 21.9 Å². The quantitative estimate of drug-likeness (QED) is 0.133. The number of aromatic nitrogens is 1. The van der Waals surface area contributed by atoms with Gasteiger partial charge in [0.25, 0.3) is 0 Å². The molecule has 0 aliphatic carbocycles. The SMILES string of the molecule is COC(=O)C[C@H](NC(=O)[C@H](NN(C(=O)OC(C)(C)C)c1cc(C)ccn1)C(C)C)c1ccc(-c2ccc(O)c3ccccc23)cc1. The fourth-order valence-electron chi connectivity index (χ4n) is 5.01. The molecule has 46 heavy (non-hydrogen) atoms. The summed E-state index contributed by atoms with van der Waals surface area (Å²) in [5, 5.41) is 16.1. The second-order valence-electron chi connectivity index (χ2n) is 12.5. The predicted molar refractivity (Wildman–Crippen MR) is 178 cm³/mol. The Morgan fingerprint density at radius 1 is 0.957 bits per heavy atom. The van der Waals surface area contributed by atoms with Crippen LogP contribution in [-0.2, 0) is 19.1 Å². The van der Waals surface area contributed by atoms with Gasteiger partial charge >= 0.3 is 12.1 Å². The lowest BCUT2D eigenvalue weighted by Gasteiger charge is -2.32. The normalized spacial score (nSPS) is 12.8. The Morgan fingerprint density at radius 2 is 1.63 bits per heavy atom. The van der Waals surface area contributed by atoms with Crippen molar-refractivity contribution in [2.24, 2.45) is 5.92 Å². The first-order chi connectivity index (χ1) is 21.8. The average Bonchev–Trinajstić information content (AvgIpc) is 3.00. The van der Waals surface area contributed by atoms with Gasteiger partial charge < -0.3 is 19.9 Å². The number of phenolic OH excluding ortho intramolecular Hbond substituents is 1. The molecule has 2 amide bonds. The molecule has 0 fully saturated rings. The Hall–Kier alpha value is -4.96. The summed E-state index contributed by atoms with van der Waals surface area (Å²) in [6.07, 6.45) is 0.752. The molecule has 0 unspecified atom stereocenters. The van der Waals surface area contributed by atoms with Crippen molar-refractivity contribution >= 4 is 34.6 Å². The third-order valence-electron chi connectivity index (χ3n) is 7.36. The number of esters is 1. The number of nitrogens with one attached hydrogen (secondary N) is 2. The van der Waals surface area contributed by atoms with Gasteiger partial charge in [0, 0.05) is 11.6 Å². The summed E-state index contributed by atoms with van der Waals surface area (Å²) in [6.45, 7) is 10.8. The highest BCUT2D eigenvalue weighted by Crippen LogP contribution is 2.34. The first kappa shape index (κ1) is 33.9. The van der Waals surface area contributed by atoms with E-state index < -0.39 is 35.7 Å². The van der Waals surface area contributed by atoms with Gasteiger partial charge in [-0.3, -0.25) is 9.59 Å². The number of anilines is 1. The number of methoxy groups -OCH3 is 1. The predicted octanol–water partition coefficient (Wildman–Crippen LogP) is 6.61. The zero-order chi connectivity index (χ0) is 33.6. The molecule has 0 saturated heterocycles. The lowest BCUT2D eigenvalue weighted by atomic mass is 9.95. The van der Waals surface area contributed by atoms with Gasteiger partial charge in [-0.1, -0.05) is 68.4 Å². The molecule has 10 heteroatoms. The zero-order valence-corrected chi connectivity index (χ0v) is 27.3. The van der Waals surface area contributed by atoms with Crippen LogP contribution in [0, 0.1) is 12.8 Å². The highest BCUT2D eigenvalue weighted by Gasteiger charge is 2.32. The fourth-order valence-corrected chi connectivity index (χ4v) is 5.01. The van der Waals surface area contributed by atoms with Crippen LogP contribution < -0.4 is 15.8 Å². The van der Waals surface area contributed by atoms with E-state index in [1.807, 2.05) is 75.4 Å². The molecule has 2 atom stereocenters. The smallest absolute Gasteiger partial charge is 0.430 e. The van der Waals surface area contributed by atoms with Crippen LogP contribution in [0.3, 0.4) is 0 Å². The number of hydrazine groups is 1. The standard InChI is InChI=1S/C36H42N4O6/c1-22(2)33(39-40(35(44)46-36(4,5)6)31-20-23(3)18-19-37-31)34(43)38-29(21-32(42)45-7)25-14-12-24(13-15-25)26-16-17-30(41)28-11-9-8-10-27(26)28/h8-20,22,29,33,39,41H,21H2,1-7H3,(H,38,43)/t29-,33+/m0/s1. The van der Waals surface area contributed by atoms with E-state index in [0.717, 1.165) is 32.5 Å². The molecular weight excluding hydrogens is 584 g/mol. The number of carbonyl (C=O) groups is 3. The number of ether oxygens (including phenoxy) is 2. The summed E-state index contributed by atoms with van der Waals surface area (Å²) in [4.78, 5) is 44.0. The number of amides is 2. The zero-order valence-electron chi connectivity index (χ0n) is 27.3. The summed E-state index contributed by atoms with van der Waals surface area (Å²) in [7, 11) is 1.30. The largest absolute Gasteiger partial charge is 0.507 e. The number of nitrogens with zero attached hydrogens (tertiary/aromatic N) is 2. The molecule has 10 nitrogen and oxygen atoms in total. The minimum atomic E-state index is -0.905. The van der Waals surface area contributed by atoms with Crippen LogP contribution in [0.1, 0.15) is 58.2 Å². The van der Waals surface area contributed by atoms with Crippen LogP contribution in [0.5, 0.6) is 5.75 Å². The van der Waals surface area contributed by atoms with Crippen molar-refractivity contribution in [1.82, 2.24) is 15.7 Å². The van der Waals surface area contributed by atoms with Crippen molar-refractivity contribution in [2.75, 3.05) is 12.1 Å². The lowest BCUT2D eigenvalue weighted by molar-refractivity contribution is -0.141. The Kier molecular flexibility index (Phi) is 10.6. The maximum Gasteiger partial charge on any atom is 0.430 e. The van der Waals surface area contributed by atoms with Crippen LogP contribution in [0.4, 0.5) is 10.6 Å². The van der Waals surface area contributed by atoms with Gasteiger partial charge in [-0.25, -0.2) is 15.2 Å². The van der Waals surface area contributed by atoms with Crippen LogP contribution in [-0.4, -0.2) is 46.8 Å². The minimum absolute atomic E-state index is 0.107. The van der Waals surface area contributed by atoms with Crippen LogP contribution >= 0.6 is 0 Å². The van der Waals surface area contributed by atoms with Gasteiger partial charge in [0.15, 0.2) is 5.82 Å². The van der Waals surface area contributed by atoms with Gasteiger partial charge in [0.1, 0.15) is 17.4 Å². The number of aryl methyl sites for hydroxylation is 1. The lowest BCUT2D eigenvalue weighted by Crippen LogP contribution is -2.57. The topological polar surface area (TPSA) is 130 Å². The van der Waals surface area contributed by atoms with E-state index in [9.17, 15) is 19.5 Å². The molecule has 0 spiro atoms. The molecule has 0 radical (unpaired) electrons. The Morgan fingerprint density at radius 3 is 2.24 bits per heavy atom. The van der Waals surface area contributed by atoms with Crippen molar-refractivity contribution < 1.29 is 29.0 Å². The first-order valence-corrected chi connectivity index (χ1v) is 15.2. The van der Waals surface area contributed by atoms with E-state index in [-0.39, 0.29) is 23.9 Å². The third-order valence-corrected chi connectivity index (χ3v) is 7.36. The number of hydrogen-bond acceptors (Lipinski definition) is 8. The number of pyridine rings is 1. The van der Waals surface area contributed by atoms with Crippen molar-refractivity contribution in [3.8, 4) is 16.9 Å². The molecule has 0 bridgehead atoms. The Balaban J connectivity index is 1.63. The highest BCUT2D eigenvalue weighted by molar-refractivity contribution is 6.00. The summed E-state index contributed by atoms with van der Waals surface area (Å²) in [5.74, 6) is -0.727. The molecule has 1 heterocycles. The first-order valence-electron chi connectivity index (χ1n) is 15.2. The number of hydrogen-bond donors (Lipinski definition) is 3. The number of benzene rings is 3. The molecule has 0 aliphatic heterocycles. The summed E-state index contributed by atoms with van der Waals surface area (Å²) < 4.78 is 10.6. The summed E-state index contributed by atoms with van der Waals surface area (Å²) >= 11 is 0. The Bertz CT molecular complexity index is 1700. The molecule has 3 N–H and O–H groups in total. The van der Waals surface area contributed by atoms with E-state index in [4.69, 9.17) is 9.47 Å². The maximum atomic E-state index is 13.9. The third kappa shape index (κ3) is 8.39. The van der Waals surface area contributed by atoms with Gasteiger partial charge in [-0.05, 0) is 79.5 Å². The molecule has 3 aromatic carbocycles. The monoisotopic (exact) mass is 626 g/mol. The van der Waals surface area contributed by atoms with Crippen molar-refractivity contribution in [2.45, 2.75) is 65.6 Å². The fraction of sp³-hybridized carbons (Fsp3) is 0.333. The summed E-state index contributed by atoms with van der Waals surface area (Å²) in [6, 6.07) is 20.5. The number of carbonyl (C=O) groups excluding carboxylic acids is 3. The number of aromatic hydroxyl groups is 1. The average molecular weight is 627 g/mol. The van der Waals surface area contributed by atoms with E-state index in [1.165, 1.54) is 7.11 Å². The van der Waals surface area contributed by atoms with Crippen molar-refractivity contribution in [1.29, 1.82) is 0 Å². The van der Waals surface area contributed by atoms with Gasteiger partial charge in [-0.15, -0.1) is 0 Å². The second-order valence-corrected chi connectivity index (χ2v) is 12.5. The van der Waals surface area contributed by atoms with Crippen molar-refractivity contribution in [3.63, 3.8) is 0 Å². The van der Waals surface area contributed by atoms with E-state index in [0.29, 0.717) is 5.56 Å². The van der Waals surface area contributed by atoms with Crippen LogP contribution in [0.15, 0.2) is 79.0 Å². The second kappa shape index (κ2) is 14.4. The van der Waals surface area contributed by atoms with Gasteiger partial charge in [0.2, 0.25) is 5.91 Å². The summed E-state index contributed by atoms with van der Waals surface area (Å²) in [5.41, 5.74) is 5.65. The van der Waals surface area contributed by atoms with Gasteiger partial charge in [0.05, 0.1) is 19.6 Å². The maximum absolute atomic E-state index is 13.9. The Labute approximate surface area is 269 Å². The van der Waals surface area contributed by atoms with E-state index >= 15 is 0 Å². The highest BCUT2D eigenvalue weighted by atomic mass is 16.6. The van der Waals surface area contributed by atoms with E-state index in [2.05, 4.69) is 15.7 Å². The molecule has 1 aromatic heterocycles. The number of rotatable bonds is 10. The van der Waals surface area contributed by atoms with Crippen LogP contribution in [0.2, 0.25) is 0 Å². The molecule has 0 aliphatic rings. The molecule has 242 valence electrons. The number of phenols is 1. The molecule has 4 aromatic rings. The van der Waals surface area contributed by atoms with Gasteiger partial charge in [-0.2, -0.15) is 5.01 Å².